The van der Waals surface area contributed by atoms with E-state index in [0.29, 0.717) is 0 Å². The molecule has 0 aliphatic rings. The summed E-state index contributed by atoms with van der Waals surface area (Å²) in [4.78, 5) is 0. The number of hydrogen-bond acceptors (Lipinski definition) is 2. The topological polar surface area (TPSA) is 46.2 Å². The molecule has 14 heavy (non-hydrogen) atoms. The molecular formula is C12H19NO. The van der Waals surface area contributed by atoms with E-state index in [4.69, 9.17) is 5.73 Å². The van der Waals surface area contributed by atoms with Crippen LogP contribution < -0.4 is 5.73 Å². The van der Waals surface area contributed by atoms with Crippen molar-refractivity contribution in [3.05, 3.63) is 34.9 Å². The molecule has 0 saturated carbocycles. The summed E-state index contributed by atoms with van der Waals surface area (Å²) in [6, 6.07) is 5.94. The van der Waals surface area contributed by atoms with Gasteiger partial charge in [0.25, 0.3) is 0 Å². The smallest absolute Gasteiger partial charge is 0.0964 e. The van der Waals surface area contributed by atoms with E-state index in [1.54, 1.807) is 0 Å². The van der Waals surface area contributed by atoms with Crippen molar-refractivity contribution >= 4 is 0 Å². The Balaban J connectivity index is 3.03. The van der Waals surface area contributed by atoms with Crippen molar-refractivity contribution in [2.45, 2.75) is 39.3 Å². The van der Waals surface area contributed by atoms with Gasteiger partial charge in [0.2, 0.25) is 0 Å². The second kappa shape index (κ2) is 3.71. The number of aryl methyl sites for hydroxylation is 2. The van der Waals surface area contributed by atoms with Gasteiger partial charge >= 0.3 is 0 Å². The summed E-state index contributed by atoms with van der Waals surface area (Å²) in [5, 5.41) is 9.95. The summed E-state index contributed by atoms with van der Waals surface area (Å²) in [6.45, 7) is 7.74. The number of aliphatic hydroxyl groups is 1. The maximum atomic E-state index is 9.95. The third-order valence-electron chi connectivity index (χ3n) is 2.55. The van der Waals surface area contributed by atoms with E-state index in [9.17, 15) is 5.11 Å². The summed E-state index contributed by atoms with van der Waals surface area (Å²) >= 11 is 0. The predicted molar refractivity (Wildman–Crippen MR) is 59.1 cm³/mol. The van der Waals surface area contributed by atoms with E-state index in [2.05, 4.69) is 6.92 Å². The van der Waals surface area contributed by atoms with Gasteiger partial charge in [-0.2, -0.15) is 0 Å². The van der Waals surface area contributed by atoms with Gasteiger partial charge in [-0.15, -0.1) is 0 Å². The molecule has 0 heterocycles. The van der Waals surface area contributed by atoms with Crippen molar-refractivity contribution in [3.63, 3.8) is 0 Å². The van der Waals surface area contributed by atoms with Crippen LogP contribution in [-0.2, 0) is 0 Å². The Labute approximate surface area is 85.8 Å². The average molecular weight is 193 g/mol. The minimum Gasteiger partial charge on any atom is -0.387 e. The fraction of sp³-hybridized carbons (Fsp3) is 0.500. The highest BCUT2D eigenvalue weighted by Gasteiger charge is 2.24. The fourth-order valence-corrected chi connectivity index (χ4v) is 1.36. The van der Waals surface area contributed by atoms with E-state index in [0.717, 1.165) is 5.56 Å². The van der Waals surface area contributed by atoms with E-state index >= 15 is 0 Å². The standard InChI is InChI=1S/C12H19NO/c1-8-5-6-10(7-9(8)2)11(14)12(3,4)13/h5-7,11,14H,13H2,1-4H3. The fourth-order valence-electron chi connectivity index (χ4n) is 1.36. The highest BCUT2D eigenvalue weighted by atomic mass is 16.3. The van der Waals surface area contributed by atoms with Crippen molar-refractivity contribution in [1.82, 2.24) is 0 Å². The van der Waals surface area contributed by atoms with Crippen molar-refractivity contribution < 1.29 is 5.11 Å². The molecule has 0 radical (unpaired) electrons. The zero-order valence-electron chi connectivity index (χ0n) is 9.33. The maximum Gasteiger partial charge on any atom is 0.0964 e. The summed E-state index contributed by atoms with van der Waals surface area (Å²) in [6.07, 6.45) is -0.609. The Bertz CT molecular complexity index is 326. The molecule has 0 aliphatic carbocycles. The predicted octanol–water partition coefficient (Wildman–Crippen LogP) is 2.07. The van der Waals surface area contributed by atoms with E-state index < -0.39 is 11.6 Å². The zero-order chi connectivity index (χ0) is 10.9. The number of benzene rings is 1. The third kappa shape index (κ3) is 2.34. The maximum absolute atomic E-state index is 9.95. The molecule has 78 valence electrons. The quantitative estimate of drug-likeness (QED) is 0.755. The highest BCUT2D eigenvalue weighted by molar-refractivity contribution is 5.32. The van der Waals surface area contributed by atoms with Crippen LogP contribution in [0.3, 0.4) is 0 Å². The van der Waals surface area contributed by atoms with Crippen molar-refractivity contribution in [3.8, 4) is 0 Å². The molecule has 0 aromatic heterocycles. The molecule has 1 unspecified atom stereocenters. The number of hydrogen-bond donors (Lipinski definition) is 2. The first kappa shape index (κ1) is 11.2. The minimum atomic E-state index is -0.609. The molecule has 0 spiro atoms. The largest absolute Gasteiger partial charge is 0.387 e. The molecular weight excluding hydrogens is 174 g/mol. The van der Waals surface area contributed by atoms with E-state index in [1.807, 2.05) is 39.0 Å². The molecule has 0 saturated heterocycles. The lowest BCUT2D eigenvalue weighted by Crippen LogP contribution is -2.39. The highest BCUT2D eigenvalue weighted by Crippen LogP contribution is 2.24. The molecule has 1 aromatic carbocycles. The van der Waals surface area contributed by atoms with Crippen molar-refractivity contribution in [1.29, 1.82) is 0 Å². The lowest BCUT2D eigenvalue weighted by Gasteiger charge is -2.26. The first-order valence-corrected chi connectivity index (χ1v) is 4.86. The normalized spacial score (nSPS) is 14.1. The lowest BCUT2D eigenvalue weighted by atomic mass is 9.91. The molecule has 0 fully saturated rings. The van der Waals surface area contributed by atoms with Gasteiger partial charge in [0.05, 0.1) is 6.10 Å². The van der Waals surface area contributed by atoms with Gasteiger partial charge in [0.15, 0.2) is 0 Å². The molecule has 2 heteroatoms. The van der Waals surface area contributed by atoms with Gasteiger partial charge in [-0.25, -0.2) is 0 Å². The second-order valence-corrected chi connectivity index (χ2v) is 4.57. The van der Waals surface area contributed by atoms with Crippen LogP contribution in [0.4, 0.5) is 0 Å². The number of aliphatic hydroxyl groups excluding tert-OH is 1. The summed E-state index contributed by atoms with van der Waals surface area (Å²) in [5.41, 5.74) is 8.56. The van der Waals surface area contributed by atoms with Gasteiger partial charge < -0.3 is 10.8 Å². The van der Waals surface area contributed by atoms with Crippen LogP contribution in [0.2, 0.25) is 0 Å². The van der Waals surface area contributed by atoms with Gasteiger partial charge in [-0.3, -0.25) is 0 Å². The zero-order valence-corrected chi connectivity index (χ0v) is 9.33. The van der Waals surface area contributed by atoms with Crippen LogP contribution in [0.25, 0.3) is 0 Å². The van der Waals surface area contributed by atoms with Crippen LogP contribution in [0.1, 0.15) is 36.6 Å². The van der Waals surface area contributed by atoms with Crippen LogP contribution in [-0.4, -0.2) is 10.6 Å². The SMILES string of the molecule is Cc1ccc(C(O)C(C)(C)N)cc1C. The number of rotatable bonds is 2. The summed E-state index contributed by atoms with van der Waals surface area (Å²) in [7, 11) is 0. The van der Waals surface area contributed by atoms with Gasteiger partial charge in [-0.05, 0) is 44.4 Å². The molecule has 3 N–H and O–H groups in total. The van der Waals surface area contributed by atoms with Crippen LogP contribution in [0, 0.1) is 13.8 Å². The van der Waals surface area contributed by atoms with Crippen LogP contribution in [0.5, 0.6) is 0 Å². The average Bonchev–Trinajstić information content (AvgIpc) is 2.07. The van der Waals surface area contributed by atoms with Gasteiger partial charge in [0.1, 0.15) is 0 Å². The first-order chi connectivity index (χ1) is 6.32. The van der Waals surface area contributed by atoms with E-state index in [1.165, 1.54) is 11.1 Å². The molecule has 1 atom stereocenters. The Morgan fingerprint density at radius 1 is 1.21 bits per heavy atom. The Kier molecular flexibility index (Phi) is 2.98. The Hall–Kier alpha value is -0.860. The Morgan fingerprint density at radius 3 is 2.21 bits per heavy atom. The van der Waals surface area contributed by atoms with E-state index in [-0.39, 0.29) is 0 Å². The van der Waals surface area contributed by atoms with Gasteiger partial charge in [0, 0.05) is 5.54 Å². The Morgan fingerprint density at radius 2 is 1.79 bits per heavy atom. The summed E-state index contributed by atoms with van der Waals surface area (Å²) < 4.78 is 0. The molecule has 0 aliphatic heterocycles. The lowest BCUT2D eigenvalue weighted by molar-refractivity contribution is 0.104. The number of nitrogens with two attached hydrogens (primary N) is 1. The first-order valence-electron chi connectivity index (χ1n) is 4.86. The van der Waals surface area contributed by atoms with Crippen molar-refractivity contribution in [2.75, 3.05) is 0 Å². The van der Waals surface area contributed by atoms with Gasteiger partial charge in [-0.1, -0.05) is 18.2 Å². The minimum absolute atomic E-state index is 0.596. The summed E-state index contributed by atoms with van der Waals surface area (Å²) in [5.74, 6) is 0. The molecule has 0 amide bonds. The van der Waals surface area contributed by atoms with Crippen LogP contribution in [0.15, 0.2) is 18.2 Å². The second-order valence-electron chi connectivity index (χ2n) is 4.57. The molecule has 1 aromatic rings. The van der Waals surface area contributed by atoms with Crippen molar-refractivity contribution in [2.24, 2.45) is 5.73 Å². The molecule has 0 bridgehead atoms. The monoisotopic (exact) mass is 193 g/mol. The molecule has 2 nitrogen and oxygen atoms in total. The third-order valence-corrected chi connectivity index (χ3v) is 2.55. The van der Waals surface area contributed by atoms with Crippen LogP contribution >= 0.6 is 0 Å². The molecule has 1 rings (SSSR count).